The van der Waals surface area contributed by atoms with E-state index in [0.29, 0.717) is 5.84 Å². The highest BCUT2D eigenvalue weighted by molar-refractivity contribution is 5.91. The lowest BCUT2D eigenvalue weighted by atomic mass is 10.1. The number of nitrogens with zero attached hydrogens (tertiary/aromatic N) is 3. The van der Waals surface area contributed by atoms with Gasteiger partial charge in [0.15, 0.2) is 0 Å². The van der Waals surface area contributed by atoms with Gasteiger partial charge in [0.2, 0.25) is 0 Å². The summed E-state index contributed by atoms with van der Waals surface area (Å²) in [4.78, 5) is 10.2. The molecule has 0 amide bonds. The Morgan fingerprint density at radius 2 is 2.45 bits per heavy atom. The number of fused-ring (bicyclic) bond motifs is 1. The molecule has 0 fully saturated rings. The van der Waals surface area contributed by atoms with Crippen molar-refractivity contribution in [3.8, 4) is 0 Å². The molecule has 2 atom stereocenters. The van der Waals surface area contributed by atoms with Crippen LogP contribution < -0.4 is 5.73 Å². The van der Waals surface area contributed by atoms with Gasteiger partial charge in [-0.25, -0.2) is 4.99 Å². The Morgan fingerprint density at radius 1 is 1.64 bits per heavy atom. The van der Waals surface area contributed by atoms with Crippen molar-refractivity contribution < 1.29 is 0 Å². The molecule has 0 aliphatic carbocycles. The summed E-state index contributed by atoms with van der Waals surface area (Å²) < 4.78 is 0. The predicted molar refractivity (Wildman–Crippen MR) is 44.6 cm³/mol. The number of nitrogens with two attached hydrogens (primary N) is 1. The molecule has 2 aliphatic heterocycles. The zero-order valence-electron chi connectivity index (χ0n) is 6.31. The molecule has 0 aromatic carbocycles. The third-order valence-electron chi connectivity index (χ3n) is 2.01. The van der Waals surface area contributed by atoms with Crippen LogP contribution in [0.3, 0.4) is 0 Å². The van der Waals surface area contributed by atoms with E-state index in [-0.39, 0.29) is 12.1 Å². The SMILES string of the molecule is CN1C=NC2C(N)=NC=CC21. The van der Waals surface area contributed by atoms with E-state index in [0.717, 1.165) is 0 Å². The maximum Gasteiger partial charge on any atom is 0.133 e. The smallest absolute Gasteiger partial charge is 0.133 e. The molecule has 2 aliphatic rings. The lowest BCUT2D eigenvalue weighted by Crippen LogP contribution is -2.41. The van der Waals surface area contributed by atoms with E-state index in [1.165, 1.54) is 0 Å². The van der Waals surface area contributed by atoms with Gasteiger partial charge in [0.1, 0.15) is 11.9 Å². The molecule has 4 nitrogen and oxygen atoms in total. The fraction of sp³-hybridized carbons (Fsp3) is 0.429. The zero-order chi connectivity index (χ0) is 7.84. The highest BCUT2D eigenvalue weighted by Crippen LogP contribution is 2.16. The minimum absolute atomic E-state index is 0.0463. The van der Waals surface area contributed by atoms with Crippen molar-refractivity contribution in [1.29, 1.82) is 0 Å². The molecule has 58 valence electrons. The molecule has 0 aromatic rings. The van der Waals surface area contributed by atoms with Gasteiger partial charge in [-0.05, 0) is 6.08 Å². The molecular formula is C7H10N4. The summed E-state index contributed by atoms with van der Waals surface area (Å²) in [5.41, 5.74) is 5.64. The molecule has 0 saturated heterocycles. The summed E-state index contributed by atoms with van der Waals surface area (Å²) >= 11 is 0. The van der Waals surface area contributed by atoms with Crippen molar-refractivity contribution >= 4 is 12.2 Å². The predicted octanol–water partition coefficient (Wildman–Crippen LogP) is -0.418. The highest BCUT2D eigenvalue weighted by Gasteiger charge is 2.30. The van der Waals surface area contributed by atoms with Crippen LogP contribution in [0.4, 0.5) is 0 Å². The highest BCUT2D eigenvalue weighted by atomic mass is 15.2. The average Bonchev–Trinajstić information content (AvgIpc) is 2.35. The maximum absolute atomic E-state index is 5.64. The Hall–Kier alpha value is -1.32. The number of hydrogen-bond acceptors (Lipinski definition) is 4. The van der Waals surface area contributed by atoms with E-state index in [1.54, 1.807) is 12.5 Å². The second kappa shape index (κ2) is 2.08. The number of likely N-dealkylation sites (N-methyl/N-ethyl adjacent to an activating group) is 1. The minimum Gasteiger partial charge on any atom is -0.385 e. The first kappa shape index (κ1) is 6.39. The molecule has 11 heavy (non-hydrogen) atoms. The molecule has 2 rings (SSSR count). The fourth-order valence-electron chi connectivity index (χ4n) is 1.35. The first-order valence-electron chi connectivity index (χ1n) is 3.54. The van der Waals surface area contributed by atoms with Gasteiger partial charge >= 0.3 is 0 Å². The molecule has 0 radical (unpaired) electrons. The number of hydrogen-bond donors (Lipinski definition) is 1. The minimum atomic E-state index is 0.0463. The van der Waals surface area contributed by atoms with E-state index < -0.39 is 0 Å². The lowest BCUT2D eigenvalue weighted by molar-refractivity contribution is 0.452. The number of amidine groups is 1. The van der Waals surface area contributed by atoms with Gasteiger partial charge in [0, 0.05) is 13.2 Å². The third kappa shape index (κ3) is 0.824. The van der Waals surface area contributed by atoms with Crippen LogP contribution >= 0.6 is 0 Å². The quantitative estimate of drug-likeness (QED) is 0.510. The topological polar surface area (TPSA) is 54.0 Å². The van der Waals surface area contributed by atoms with Crippen LogP contribution in [-0.2, 0) is 0 Å². The Morgan fingerprint density at radius 3 is 3.18 bits per heavy atom. The second-order valence-electron chi connectivity index (χ2n) is 2.76. The van der Waals surface area contributed by atoms with Crippen molar-refractivity contribution in [1.82, 2.24) is 4.90 Å². The largest absolute Gasteiger partial charge is 0.385 e. The zero-order valence-corrected chi connectivity index (χ0v) is 6.31. The van der Waals surface area contributed by atoms with Crippen LogP contribution in [0.1, 0.15) is 0 Å². The van der Waals surface area contributed by atoms with Gasteiger partial charge < -0.3 is 10.6 Å². The number of aliphatic imine (C=N–C) groups is 2. The summed E-state index contributed by atoms with van der Waals surface area (Å²) in [5.74, 6) is 0.609. The van der Waals surface area contributed by atoms with Gasteiger partial charge in [-0.1, -0.05) is 0 Å². The average molecular weight is 150 g/mol. The van der Waals surface area contributed by atoms with Crippen molar-refractivity contribution in [3.05, 3.63) is 12.3 Å². The van der Waals surface area contributed by atoms with E-state index in [1.807, 2.05) is 18.0 Å². The van der Waals surface area contributed by atoms with Crippen LogP contribution in [0.15, 0.2) is 22.3 Å². The van der Waals surface area contributed by atoms with Gasteiger partial charge in [-0.3, -0.25) is 4.99 Å². The van der Waals surface area contributed by atoms with Crippen LogP contribution in [-0.4, -0.2) is 36.2 Å². The van der Waals surface area contributed by atoms with Gasteiger partial charge in [0.25, 0.3) is 0 Å². The van der Waals surface area contributed by atoms with Crippen molar-refractivity contribution in [2.75, 3.05) is 7.05 Å². The fourth-order valence-corrected chi connectivity index (χ4v) is 1.35. The van der Waals surface area contributed by atoms with Crippen molar-refractivity contribution in [3.63, 3.8) is 0 Å². The second-order valence-corrected chi connectivity index (χ2v) is 2.76. The Balaban J connectivity index is 2.30. The summed E-state index contributed by atoms with van der Waals surface area (Å²) in [6, 6.07) is 0.331. The summed E-state index contributed by atoms with van der Waals surface area (Å²) in [6.45, 7) is 0. The third-order valence-corrected chi connectivity index (χ3v) is 2.01. The van der Waals surface area contributed by atoms with E-state index in [9.17, 15) is 0 Å². The summed E-state index contributed by atoms with van der Waals surface area (Å²) in [5, 5.41) is 0. The Labute approximate surface area is 65.1 Å². The molecule has 2 N–H and O–H groups in total. The van der Waals surface area contributed by atoms with Gasteiger partial charge in [0.05, 0.1) is 12.4 Å². The van der Waals surface area contributed by atoms with E-state index in [4.69, 9.17) is 5.73 Å². The van der Waals surface area contributed by atoms with E-state index >= 15 is 0 Å². The molecule has 2 unspecified atom stereocenters. The molecule has 0 bridgehead atoms. The first-order chi connectivity index (χ1) is 5.29. The van der Waals surface area contributed by atoms with Gasteiger partial charge in [-0.2, -0.15) is 0 Å². The van der Waals surface area contributed by atoms with Gasteiger partial charge in [-0.15, -0.1) is 0 Å². The van der Waals surface area contributed by atoms with Crippen LogP contribution in [0.2, 0.25) is 0 Å². The summed E-state index contributed by atoms with van der Waals surface area (Å²) in [6.07, 6.45) is 5.54. The van der Waals surface area contributed by atoms with Crippen LogP contribution in [0, 0.1) is 0 Å². The normalized spacial score (nSPS) is 33.9. The Kier molecular flexibility index (Phi) is 1.21. The lowest BCUT2D eigenvalue weighted by Gasteiger charge is -2.22. The number of rotatable bonds is 0. The van der Waals surface area contributed by atoms with Crippen LogP contribution in [0.5, 0.6) is 0 Å². The molecule has 4 heteroatoms. The van der Waals surface area contributed by atoms with E-state index in [2.05, 4.69) is 9.98 Å². The molecule has 0 spiro atoms. The Bertz CT molecular complexity index is 253. The monoisotopic (exact) mass is 150 g/mol. The van der Waals surface area contributed by atoms with Crippen molar-refractivity contribution in [2.24, 2.45) is 15.7 Å². The first-order valence-corrected chi connectivity index (χ1v) is 3.54. The standard InChI is InChI=1S/C7H10N4/c1-11-4-10-6-5(11)2-3-9-7(6)8/h2-6H,1H3,(H2,8,9). The summed E-state index contributed by atoms with van der Waals surface area (Å²) in [7, 11) is 1.98. The molecular weight excluding hydrogens is 140 g/mol. The van der Waals surface area contributed by atoms with Crippen LogP contribution in [0.25, 0.3) is 0 Å². The van der Waals surface area contributed by atoms with Crippen molar-refractivity contribution in [2.45, 2.75) is 12.1 Å². The molecule has 0 saturated carbocycles. The maximum atomic E-state index is 5.64. The molecule has 2 heterocycles. The molecule has 0 aromatic heterocycles.